The molecule has 0 aliphatic heterocycles. The van der Waals surface area contributed by atoms with Crippen LogP contribution in [0.1, 0.15) is 5.56 Å². The van der Waals surface area contributed by atoms with Gasteiger partial charge < -0.3 is 14.9 Å². The number of aromatic hydroxyl groups is 2. The number of nitrogens with zero attached hydrogens (tertiary/aromatic N) is 3. The molecule has 3 rings (SSSR count). The van der Waals surface area contributed by atoms with E-state index in [0.29, 0.717) is 21.9 Å². The SMILES string of the molecule is COc1cccc(-c2n[nH]c(=S)n2/N=C/c2ccc(O)c(O)c2)c1. The van der Waals surface area contributed by atoms with Crippen LogP contribution < -0.4 is 4.74 Å². The number of hydrogen-bond donors (Lipinski definition) is 3. The Labute approximate surface area is 142 Å². The van der Waals surface area contributed by atoms with Crippen molar-refractivity contribution in [1.82, 2.24) is 14.9 Å². The fourth-order valence-corrected chi connectivity index (χ4v) is 2.27. The molecule has 2 aromatic carbocycles. The molecule has 1 aromatic heterocycles. The number of phenols is 2. The average Bonchev–Trinajstić information content (AvgIpc) is 2.97. The quantitative estimate of drug-likeness (QED) is 0.385. The number of phenolic OH excluding ortho intramolecular Hbond substituents is 2. The molecule has 0 aliphatic rings. The van der Waals surface area contributed by atoms with Gasteiger partial charge in [0, 0.05) is 5.56 Å². The van der Waals surface area contributed by atoms with Crippen molar-refractivity contribution in [2.24, 2.45) is 5.10 Å². The molecule has 24 heavy (non-hydrogen) atoms. The van der Waals surface area contributed by atoms with E-state index in [9.17, 15) is 10.2 Å². The van der Waals surface area contributed by atoms with E-state index in [1.807, 2.05) is 24.3 Å². The van der Waals surface area contributed by atoms with E-state index in [4.69, 9.17) is 17.0 Å². The predicted octanol–water partition coefficient (Wildman–Crippen LogP) is 2.91. The highest BCUT2D eigenvalue weighted by atomic mass is 32.1. The lowest BCUT2D eigenvalue weighted by molar-refractivity contribution is 0.403. The van der Waals surface area contributed by atoms with Crippen molar-refractivity contribution in [2.45, 2.75) is 0 Å². The van der Waals surface area contributed by atoms with Crippen LogP contribution in [-0.4, -0.2) is 38.4 Å². The molecule has 0 saturated carbocycles. The Morgan fingerprint density at radius 3 is 2.79 bits per heavy atom. The van der Waals surface area contributed by atoms with E-state index >= 15 is 0 Å². The molecule has 0 fully saturated rings. The zero-order valence-electron chi connectivity index (χ0n) is 12.7. The Morgan fingerprint density at radius 1 is 1.21 bits per heavy atom. The van der Waals surface area contributed by atoms with Gasteiger partial charge in [0.05, 0.1) is 13.3 Å². The highest BCUT2D eigenvalue weighted by molar-refractivity contribution is 7.71. The molecular weight excluding hydrogens is 328 g/mol. The lowest BCUT2D eigenvalue weighted by Crippen LogP contribution is -1.95. The highest BCUT2D eigenvalue weighted by Gasteiger charge is 2.09. The van der Waals surface area contributed by atoms with Gasteiger partial charge >= 0.3 is 0 Å². The van der Waals surface area contributed by atoms with Crippen molar-refractivity contribution in [3.8, 4) is 28.6 Å². The lowest BCUT2D eigenvalue weighted by Gasteiger charge is -2.04. The van der Waals surface area contributed by atoms with E-state index in [1.54, 1.807) is 13.2 Å². The number of ether oxygens (including phenoxy) is 1. The molecule has 7 nitrogen and oxygen atoms in total. The Hall–Kier alpha value is -3.13. The first kappa shape index (κ1) is 15.8. The summed E-state index contributed by atoms with van der Waals surface area (Å²) in [5.41, 5.74) is 1.39. The minimum absolute atomic E-state index is 0.191. The van der Waals surface area contributed by atoms with Crippen molar-refractivity contribution in [1.29, 1.82) is 0 Å². The Morgan fingerprint density at radius 2 is 2.04 bits per heavy atom. The third kappa shape index (κ3) is 3.13. The van der Waals surface area contributed by atoms with Gasteiger partial charge in [-0.1, -0.05) is 12.1 Å². The summed E-state index contributed by atoms with van der Waals surface area (Å²) in [5.74, 6) is 0.811. The first-order chi connectivity index (χ1) is 11.6. The second-order valence-electron chi connectivity index (χ2n) is 4.89. The van der Waals surface area contributed by atoms with E-state index in [0.717, 1.165) is 5.56 Å². The van der Waals surface area contributed by atoms with E-state index in [1.165, 1.54) is 23.0 Å². The fourth-order valence-electron chi connectivity index (χ4n) is 2.09. The molecule has 0 bridgehead atoms. The Balaban J connectivity index is 1.99. The molecular formula is C16H14N4O3S. The second-order valence-corrected chi connectivity index (χ2v) is 5.28. The van der Waals surface area contributed by atoms with Crippen LogP contribution in [0.15, 0.2) is 47.6 Å². The molecule has 8 heteroatoms. The minimum atomic E-state index is -0.220. The molecule has 0 saturated heterocycles. The smallest absolute Gasteiger partial charge is 0.216 e. The Bertz CT molecular complexity index is 962. The molecule has 3 aromatic rings. The number of nitrogens with one attached hydrogen (secondary N) is 1. The van der Waals surface area contributed by atoms with Gasteiger partial charge in [-0.25, -0.2) is 5.10 Å². The number of aromatic nitrogens is 3. The lowest BCUT2D eigenvalue weighted by atomic mass is 10.2. The molecule has 122 valence electrons. The summed E-state index contributed by atoms with van der Waals surface area (Å²) in [6.07, 6.45) is 1.51. The number of methoxy groups -OCH3 is 1. The monoisotopic (exact) mass is 342 g/mol. The van der Waals surface area contributed by atoms with Crippen molar-refractivity contribution < 1.29 is 14.9 Å². The summed E-state index contributed by atoms with van der Waals surface area (Å²) in [7, 11) is 1.59. The van der Waals surface area contributed by atoms with Crippen LogP contribution in [0.3, 0.4) is 0 Å². The molecule has 0 spiro atoms. The maximum absolute atomic E-state index is 9.53. The standard InChI is InChI=1S/C16H14N4O3S/c1-23-12-4-2-3-11(8-12)15-18-19-16(24)20(15)17-9-10-5-6-13(21)14(22)7-10/h2-9,21-22H,1H3,(H,19,24)/b17-9+. The van der Waals surface area contributed by atoms with Gasteiger partial charge in [-0.3, -0.25) is 0 Å². The van der Waals surface area contributed by atoms with Crippen LogP contribution in [0.4, 0.5) is 0 Å². The molecule has 0 aliphatic carbocycles. The van der Waals surface area contributed by atoms with Crippen molar-refractivity contribution in [3.63, 3.8) is 0 Å². The van der Waals surface area contributed by atoms with Gasteiger partial charge in [0.15, 0.2) is 17.3 Å². The van der Waals surface area contributed by atoms with Crippen molar-refractivity contribution in [3.05, 3.63) is 52.8 Å². The molecule has 0 radical (unpaired) electrons. The first-order valence-corrected chi connectivity index (χ1v) is 7.37. The van der Waals surface area contributed by atoms with Crippen LogP contribution in [0.2, 0.25) is 0 Å². The van der Waals surface area contributed by atoms with E-state index in [2.05, 4.69) is 15.3 Å². The summed E-state index contributed by atoms with van der Waals surface area (Å²) in [6.45, 7) is 0. The first-order valence-electron chi connectivity index (χ1n) is 6.96. The molecule has 0 unspecified atom stereocenters. The number of aromatic amines is 1. The van der Waals surface area contributed by atoms with Crippen LogP contribution in [-0.2, 0) is 0 Å². The van der Waals surface area contributed by atoms with Gasteiger partial charge in [-0.2, -0.15) is 14.9 Å². The number of benzene rings is 2. The molecule has 3 N–H and O–H groups in total. The third-order valence-electron chi connectivity index (χ3n) is 3.30. The second kappa shape index (κ2) is 6.55. The largest absolute Gasteiger partial charge is 0.504 e. The molecule has 1 heterocycles. The van der Waals surface area contributed by atoms with Crippen LogP contribution >= 0.6 is 12.2 Å². The Kier molecular flexibility index (Phi) is 4.30. The van der Waals surface area contributed by atoms with E-state index < -0.39 is 0 Å². The average molecular weight is 342 g/mol. The topological polar surface area (TPSA) is 95.7 Å². The van der Waals surface area contributed by atoms with Crippen molar-refractivity contribution in [2.75, 3.05) is 7.11 Å². The normalized spacial score (nSPS) is 11.0. The number of H-pyrrole nitrogens is 1. The summed E-state index contributed by atoms with van der Waals surface area (Å²) in [4.78, 5) is 0. The van der Waals surface area contributed by atoms with Gasteiger partial charge in [0.2, 0.25) is 4.77 Å². The molecule has 0 amide bonds. The van der Waals surface area contributed by atoms with E-state index in [-0.39, 0.29) is 11.5 Å². The van der Waals surface area contributed by atoms with Gasteiger partial charge in [0.1, 0.15) is 5.75 Å². The minimum Gasteiger partial charge on any atom is -0.504 e. The highest BCUT2D eigenvalue weighted by Crippen LogP contribution is 2.25. The summed E-state index contributed by atoms with van der Waals surface area (Å²) in [6, 6.07) is 11.8. The zero-order chi connectivity index (χ0) is 17.1. The number of rotatable bonds is 4. The van der Waals surface area contributed by atoms with Crippen molar-refractivity contribution >= 4 is 18.4 Å². The van der Waals surface area contributed by atoms with Crippen LogP contribution in [0.5, 0.6) is 17.2 Å². The maximum atomic E-state index is 9.53. The van der Waals surface area contributed by atoms with Gasteiger partial charge in [0.25, 0.3) is 0 Å². The van der Waals surface area contributed by atoms with Crippen LogP contribution in [0, 0.1) is 4.77 Å². The summed E-state index contributed by atoms with van der Waals surface area (Å²) in [5, 5.41) is 30.1. The summed E-state index contributed by atoms with van der Waals surface area (Å²) < 4.78 is 7.01. The zero-order valence-corrected chi connectivity index (χ0v) is 13.5. The van der Waals surface area contributed by atoms with Crippen LogP contribution in [0.25, 0.3) is 11.4 Å². The number of hydrogen-bond acceptors (Lipinski definition) is 6. The maximum Gasteiger partial charge on any atom is 0.216 e. The molecule has 0 atom stereocenters. The predicted molar refractivity (Wildman–Crippen MR) is 92.2 cm³/mol. The third-order valence-corrected chi connectivity index (χ3v) is 3.56. The van der Waals surface area contributed by atoms with Gasteiger partial charge in [-0.05, 0) is 48.1 Å². The fraction of sp³-hybridized carbons (Fsp3) is 0.0625. The van der Waals surface area contributed by atoms with Gasteiger partial charge in [-0.15, -0.1) is 0 Å². The summed E-state index contributed by atoms with van der Waals surface area (Å²) >= 11 is 5.21.